The fraction of sp³-hybridized carbons (Fsp3) is 0.152. The van der Waals surface area contributed by atoms with Crippen molar-refractivity contribution < 1.29 is 14.7 Å². The molecule has 1 atom stereocenters. The fourth-order valence-corrected chi connectivity index (χ4v) is 5.44. The number of amides is 2. The summed E-state index contributed by atoms with van der Waals surface area (Å²) in [6.45, 7) is 3.94. The average molecular weight is 559 g/mol. The van der Waals surface area contributed by atoms with E-state index in [1.54, 1.807) is 6.20 Å². The van der Waals surface area contributed by atoms with E-state index in [1.165, 1.54) is 10.9 Å². The van der Waals surface area contributed by atoms with Crippen LogP contribution in [-0.2, 0) is 11.3 Å². The zero-order valence-corrected chi connectivity index (χ0v) is 23.3. The van der Waals surface area contributed by atoms with Crippen LogP contribution in [0, 0.1) is 13.8 Å². The van der Waals surface area contributed by atoms with Crippen molar-refractivity contribution in [3.8, 4) is 22.3 Å². The number of aliphatic hydroxyl groups is 1. The minimum atomic E-state index is -0.825. The Bertz CT molecular complexity index is 1810. The van der Waals surface area contributed by atoms with E-state index >= 15 is 0 Å². The summed E-state index contributed by atoms with van der Waals surface area (Å²) in [6.07, 6.45) is 4.16. The lowest BCUT2D eigenvalue weighted by molar-refractivity contribution is -0.110. The number of anilines is 1. The van der Waals surface area contributed by atoms with Gasteiger partial charge >= 0.3 is 0 Å². The number of carbonyl (C=O) groups excluding carboxylic acids is 2. The molecule has 9 nitrogen and oxygen atoms in total. The van der Waals surface area contributed by atoms with Crippen LogP contribution in [0.3, 0.4) is 0 Å². The molecule has 0 bridgehead atoms. The van der Waals surface area contributed by atoms with Crippen molar-refractivity contribution in [1.82, 2.24) is 25.3 Å². The van der Waals surface area contributed by atoms with Crippen molar-refractivity contribution in [2.45, 2.75) is 26.5 Å². The number of carbonyl (C=O) groups is 2. The molecule has 0 fully saturated rings. The van der Waals surface area contributed by atoms with E-state index in [-0.39, 0.29) is 24.9 Å². The number of H-pyrrole nitrogens is 1. The van der Waals surface area contributed by atoms with Crippen LogP contribution in [0.25, 0.3) is 33.9 Å². The molecule has 42 heavy (non-hydrogen) atoms. The van der Waals surface area contributed by atoms with Crippen LogP contribution < -0.4 is 10.6 Å². The van der Waals surface area contributed by atoms with Crippen LogP contribution in [0.1, 0.15) is 32.9 Å². The lowest BCUT2D eigenvalue weighted by Gasteiger charge is -2.12. The summed E-state index contributed by atoms with van der Waals surface area (Å²) in [6, 6.07) is 24.3. The number of hydrogen-bond acceptors (Lipinski definition) is 5. The molecule has 3 heterocycles. The summed E-state index contributed by atoms with van der Waals surface area (Å²) in [4.78, 5) is 29.6. The molecule has 1 unspecified atom stereocenters. The van der Waals surface area contributed by atoms with E-state index < -0.39 is 6.10 Å². The Hall–Kier alpha value is -5.28. The summed E-state index contributed by atoms with van der Waals surface area (Å²) >= 11 is 0. The number of hydrogen-bond donors (Lipinski definition) is 4. The second-order valence-electron chi connectivity index (χ2n) is 10.3. The third-order valence-corrected chi connectivity index (χ3v) is 7.47. The molecule has 4 N–H and O–H groups in total. The molecule has 210 valence electrons. The van der Waals surface area contributed by atoms with Crippen molar-refractivity contribution in [3.63, 3.8) is 0 Å². The maximum Gasteiger partial charge on any atom is 0.256 e. The Balaban J connectivity index is 1.30. The van der Waals surface area contributed by atoms with Crippen molar-refractivity contribution >= 4 is 29.2 Å². The van der Waals surface area contributed by atoms with Crippen LogP contribution in [0.4, 0.5) is 5.69 Å². The Kier molecular flexibility index (Phi) is 7.24. The first-order valence-corrected chi connectivity index (χ1v) is 13.7. The van der Waals surface area contributed by atoms with Gasteiger partial charge in [-0.3, -0.25) is 9.59 Å². The first-order chi connectivity index (χ1) is 20.4. The smallest absolute Gasteiger partial charge is 0.256 e. The molecule has 1 aliphatic rings. The molecule has 0 radical (unpaired) electrons. The van der Waals surface area contributed by atoms with Crippen LogP contribution in [0.15, 0.2) is 85.2 Å². The van der Waals surface area contributed by atoms with Crippen LogP contribution in [0.2, 0.25) is 0 Å². The first-order valence-electron chi connectivity index (χ1n) is 13.7. The number of aryl methyl sites for hydroxylation is 1. The maximum absolute atomic E-state index is 13.2. The molecule has 2 aromatic heterocycles. The highest BCUT2D eigenvalue weighted by Crippen LogP contribution is 2.41. The summed E-state index contributed by atoms with van der Waals surface area (Å²) in [7, 11) is 0. The van der Waals surface area contributed by atoms with Gasteiger partial charge in [-0.15, -0.1) is 5.10 Å². The lowest BCUT2D eigenvalue weighted by Crippen LogP contribution is -2.35. The van der Waals surface area contributed by atoms with E-state index in [1.807, 2.05) is 68.5 Å². The first kappa shape index (κ1) is 26.9. The number of benzene rings is 3. The van der Waals surface area contributed by atoms with Gasteiger partial charge in [0.15, 0.2) is 0 Å². The number of aromatic amines is 1. The Morgan fingerprint density at radius 2 is 1.79 bits per heavy atom. The van der Waals surface area contributed by atoms with Crippen molar-refractivity contribution in [2.24, 2.45) is 0 Å². The lowest BCUT2D eigenvalue weighted by atomic mass is 9.92. The Morgan fingerprint density at radius 3 is 2.57 bits per heavy atom. The van der Waals surface area contributed by atoms with Crippen LogP contribution in [-0.4, -0.2) is 49.5 Å². The number of nitrogens with one attached hydrogen (secondary N) is 3. The van der Waals surface area contributed by atoms with E-state index in [0.717, 1.165) is 33.5 Å². The molecular weight excluding hydrogens is 528 g/mol. The van der Waals surface area contributed by atoms with Gasteiger partial charge in [0, 0.05) is 35.4 Å². The third-order valence-electron chi connectivity index (χ3n) is 7.47. The minimum Gasteiger partial charge on any atom is -0.389 e. The van der Waals surface area contributed by atoms with Crippen molar-refractivity contribution in [2.75, 3.05) is 11.9 Å². The van der Waals surface area contributed by atoms with Crippen molar-refractivity contribution in [3.05, 3.63) is 113 Å². The van der Waals surface area contributed by atoms with Gasteiger partial charge in [-0.25, -0.2) is 4.68 Å². The second-order valence-corrected chi connectivity index (χ2v) is 10.3. The summed E-state index contributed by atoms with van der Waals surface area (Å²) in [5.41, 5.74) is 8.77. The number of fused-ring (bicyclic) bond motifs is 1. The number of rotatable bonds is 8. The van der Waals surface area contributed by atoms with Gasteiger partial charge in [-0.1, -0.05) is 65.9 Å². The standard InChI is InChI=1S/C33H30N6O3/c1-20-29(36-21(2)30(20)33(42)34-18-25(40)19-39-15-14-35-38-39)17-27-31-26(12-7-13-28(31)37-32(27)41)24-11-6-10-23(16-24)22-8-4-3-5-9-22/h3-17,25,36,40H,18-19H2,1-2H3,(H,34,42)(H,37,41)/b27-17-. The SMILES string of the molecule is Cc1[nH]c(/C=C2\C(=O)Nc3cccc(-c4cccc(-c5ccccc5)c4)c32)c(C)c1C(=O)NCC(O)Cn1ccnn1. The molecule has 0 aliphatic carbocycles. The summed E-state index contributed by atoms with van der Waals surface area (Å²) < 4.78 is 1.50. The molecule has 5 aromatic rings. The summed E-state index contributed by atoms with van der Waals surface area (Å²) in [5.74, 6) is -0.510. The fourth-order valence-electron chi connectivity index (χ4n) is 5.44. The molecule has 0 saturated carbocycles. The van der Waals surface area contributed by atoms with Crippen LogP contribution in [0.5, 0.6) is 0 Å². The normalized spacial score (nSPS) is 14.1. The third kappa shape index (κ3) is 5.25. The van der Waals surface area contributed by atoms with E-state index in [4.69, 9.17) is 0 Å². The zero-order chi connectivity index (χ0) is 29.2. The molecule has 6 rings (SSSR count). The van der Waals surface area contributed by atoms with Gasteiger partial charge in [0.05, 0.1) is 30.0 Å². The monoisotopic (exact) mass is 558 g/mol. The molecule has 3 aromatic carbocycles. The average Bonchev–Trinajstić information content (AvgIpc) is 3.70. The second kappa shape index (κ2) is 11.3. The number of aromatic nitrogens is 4. The minimum absolute atomic E-state index is 0.0559. The number of nitrogens with zero attached hydrogens (tertiary/aromatic N) is 3. The topological polar surface area (TPSA) is 125 Å². The van der Waals surface area contributed by atoms with Gasteiger partial charge in [0.25, 0.3) is 11.8 Å². The molecule has 0 saturated heterocycles. The van der Waals surface area contributed by atoms with E-state index in [9.17, 15) is 14.7 Å². The predicted molar refractivity (Wildman–Crippen MR) is 162 cm³/mol. The van der Waals surface area contributed by atoms with Gasteiger partial charge in [-0.05, 0) is 59.9 Å². The highest BCUT2D eigenvalue weighted by Gasteiger charge is 2.28. The predicted octanol–water partition coefficient (Wildman–Crippen LogP) is 4.84. The summed E-state index contributed by atoms with van der Waals surface area (Å²) in [5, 5.41) is 23.7. The van der Waals surface area contributed by atoms with E-state index in [2.05, 4.69) is 50.2 Å². The molecule has 9 heteroatoms. The van der Waals surface area contributed by atoms with Gasteiger partial charge in [-0.2, -0.15) is 0 Å². The number of aliphatic hydroxyl groups excluding tert-OH is 1. The highest BCUT2D eigenvalue weighted by molar-refractivity contribution is 6.36. The van der Waals surface area contributed by atoms with Gasteiger partial charge < -0.3 is 20.7 Å². The van der Waals surface area contributed by atoms with Crippen LogP contribution >= 0.6 is 0 Å². The zero-order valence-electron chi connectivity index (χ0n) is 23.3. The van der Waals surface area contributed by atoms with Crippen molar-refractivity contribution in [1.29, 1.82) is 0 Å². The van der Waals surface area contributed by atoms with Gasteiger partial charge in [0.1, 0.15) is 0 Å². The molecule has 1 aliphatic heterocycles. The molecular formula is C33H30N6O3. The Morgan fingerprint density at radius 1 is 1.02 bits per heavy atom. The molecule has 2 amide bonds. The van der Waals surface area contributed by atoms with Gasteiger partial charge in [0.2, 0.25) is 0 Å². The largest absolute Gasteiger partial charge is 0.389 e. The Labute approximate surface area is 242 Å². The van der Waals surface area contributed by atoms with E-state index in [0.29, 0.717) is 28.1 Å². The maximum atomic E-state index is 13.2. The molecule has 0 spiro atoms. The quantitative estimate of drug-likeness (QED) is 0.203. The highest BCUT2D eigenvalue weighted by atomic mass is 16.3.